The molecule has 1 saturated carbocycles. The number of guanidine groups is 1. The molecule has 1 aliphatic carbocycles. The van der Waals surface area contributed by atoms with Crippen LogP contribution < -0.4 is 16.0 Å². The number of aryl methyl sites for hydroxylation is 1. The SMILES string of the molecule is CN=C(NCCNc1ncnc2c1cnn2C)NCC1(c2cccs2)CCCCC1. The van der Waals surface area contributed by atoms with Crippen molar-refractivity contribution in [2.45, 2.75) is 37.5 Å². The molecule has 0 saturated heterocycles. The van der Waals surface area contributed by atoms with Gasteiger partial charge < -0.3 is 16.0 Å². The molecule has 3 heterocycles. The normalized spacial score (nSPS) is 16.5. The van der Waals surface area contributed by atoms with Gasteiger partial charge >= 0.3 is 0 Å². The van der Waals surface area contributed by atoms with E-state index in [1.807, 2.05) is 25.4 Å². The minimum absolute atomic E-state index is 0.231. The Kier molecular flexibility index (Phi) is 6.47. The lowest BCUT2D eigenvalue weighted by molar-refractivity contribution is 0.296. The summed E-state index contributed by atoms with van der Waals surface area (Å²) in [5.74, 6) is 1.64. The van der Waals surface area contributed by atoms with E-state index in [1.54, 1.807) is 17.2 Å². The first-order valence-electron chi connectivity index (χ1n) is 10.6. The van der Waals surface area contributed by atoms with Crippen LogP contribution in [0.25, 0.3) is 11.0 Å². The molecule has 8 nitrogen and oxygen atoms in total. The first-order valence-corrected chi connectivity index (χ1v) is 11.4. The van der Waals surface area contributed by atoms with Crippen LogP contribution in [0.3, 0.4) is 0 Å². The molecular weight excluding hydrogens is 396 g/mol. The van der Waals surface area contributed by atoms with Gasteiger partial charge in [0.25, 0.3) is 0 Å². The largest absolute Gasteiger partial charge is 0.368 e. The summed E-state index contributed by atoms with van der Waals surface area (Å²) in [4.78, 5) is 14.5. The van der Waals surface area contributed by atoms with Crippen LogP contribution in [0.5, 0.6) is 0 Å². The van der Waals surface area contributed by atoms with Gasteiger partial charge in [0, 0.05) is 44.0 Å². The van der Waals surface area contributed by atoms with Crippen molar-refractivity contribution in [1.82, 2.24) is 30.4 Å². The highest BCUT2D eigenvalue weighted by molar-refractivity contribution is 7.10. The Morgan fingerprint density at radius 3 is 2.83 bits per heavy atom. The smallest absolute Gasteiger partial charge is 0.191 e. The van der Waals surface area contributed by atoms with E-state index in [-0.39, 0.29) is 5.41 Å². The molecular formula is C21H30N8S. The second-order valence-corrected chi connectivity index (χ2v) is 8.77. The summed E-state index contributed by atoms with van der Waals surface area (Å²) in [6.07, 6.45) is 9.80. The first-order chi connectivity index (χ1) is 14.7. The molecule has 0 amide bonds. The monoisotopic (exact) mass is 426 g/mol. The van der Waals surface area contributed by atoms with Crippen LogP contribution in [0.1, 0.15) is 37.0 Å². The van der Waals surface area contributed by atoms with Gasteiger partial charge in [0.05, 0.1) is 11.6 Å². The molecule has 0 radical (unpaired) electrons. The van der Waals surface area contributed by atoms with Crippen molar-refractivity contribution in [2.24, 2.45) is 12.0 Å². The van der Waals surface area contributed by atoms with Gasteiger partial charge in [0.2, 0.25) is 0 Å². The maximum absolute atomic E-state index is 4.41. The number of hydrogen-bond donors (Lipinski definition) is 3. The summed E-state index contributed by atoms with van der Waals surface area (Å²) in [5, 5.41) is 17.7. The van der Waals surface area contributed by atoms with Crippen LogP contribution in [-0.4, -0.2) is 52.4 Å². The van der Waals surface area contributed by atoms with Crippen molar-refractivity contribution in [1.29, 1.82) is 0 Å². The number of nitrogens with one attached hydrogen (secondary N) is 3. The predicted octanol–water partition coefficient (Wildman–Crippen LogP) is 2.90. The average Bonchev–Trinajstić information content (AvgIpc) is 3.45. The van der Waals surface area contributed by atoms with Crippen LogP contribution >= 0.6 is 11.3 Å². The molecule has 1 aliphatic rings. The fourth-order valence-corrected chi connectivity index (χ4v) is 5.24. The van der Waals surface area contributed by atoms with Gasteiger partial charge in [-0.1, -0.05) is 25.3 Å². The van der Waals surface area contributed by atoms with Crippen molar-refractivity contribution in [3.63, 3.8) is 0 Å². The lowest BCUT2D eigenvalue weighted by Gasteiger charge is -2.37. The van der Waals surface area contributed by atoms with E-state index in [0.717, 1.165) is 42.4 Å². The second-order valence-electron chi connectivity index (χ2n) is 7.83. The van der Waals surface area contributed by atoms with Crippen molar-refractivity contribution in [3.8, 4) is 0 Å². The Bertz CT molecular complexity index is 972. The highest BCUT2D eigenvalue weighted by Gasteiger charge is 2.34. The summed E-state index contributed by atoms with van der Waals surface area (Å²) in [7, 11) is 3.71. The Morgan fingerprint density at radius 2 is 2.07 bits per heavy atom. The molecule has 0 aromatic carbocycles. The second kappa shape index (κ2) is 9.42. The minimum atomic E-state index is 0.231. The van der Waals surface area contributed by atoms with Gasteiger partial charge in [0.1, 0.15) is 12.1 Å². The van der Waals surface area contributed by atoms with Gasteiger partial charge in [-0.15, -0.1) is 11.3 Å². The molecule has 0 aliphatic heterocycles. The topological polar surface area (TPSA) is 92.1 Å². The maximum atomic E-state index is 4.41. The zero-order valence-corrected chi connectivity index (χ0v) is 18.5. The van der Waals surface area contributed by atoms with Gasteiger partial charge in [0.15, 0.2) is 11.6 Å². The molecule has 0 bridgehead atoms. The molecule has 0 spiro atoms. The van der Waals surface area contributed by atoms with Gasteiger partial charge in [-0.2, -0.15) is 5.10 Å². The van der Waals surface area contributed by atoms with Gasteiger partial charge in [-0.05, 0) is 24.3 Å². The Hall–Kier alpha value is -2.68. The molecule has 4 rings (SSSR count). The van der Waals surface area contributed by atoms with Crippen molar-refractivity contribution in [3.05, 3.63) is 34.9 Å². The van der Waals surface area contributed by atoms with Crippen LogP contribution in [0, 0.1) is 0 Å². The Labute approximate surface area is 181 Å². The third kappa shape index (κ3) is 4.40. The number of nitrogens with zero attached hydrogens (tertiary/aromatic N) is 5. The molecule has 0 atom stereocenters. The van der Waals surface area contributed by atoms with Crippen molar-refractivity contribution < 1.29 is 0 Å². The third-order valence-electron chi connectivity index (χ3n) is 5.91. The Balaban J connectivity index is 1.29. The van der Waals surface area contributed by atoms with Crippen LogP contribution in [0.2, 0.25) is 0 Å². The van der Waals surface area contributed by atoms with E-state index in [0.29, 0.717) is 0 Å². The lowest BCUT2D eigenvalue weighted by atomic mass is 9.73. The number of thiophene rings is 1. The number of rotatable bonds is 7. The molecule has 9 heteroatoms. The summed E-state index contributed by atoms with van der Waals surface area (Å²) >= 11 is 1.88. The maximum Gasteiger partial charge on any atom is 0.191 e. The zero-order chi connectivity index (χ0) is 20.8. The van der Waals surface area contributed by atoms with Crippen LogP contribution in [-0.2, 0) is 12.5 Å². The van der Waals surface area contributed by atoms with E-state index in [1.165, 1.54) is 37.0 Å². The molecule has 0 unspecified atom stereocenters. The summed E-state index contributed by atoms with van der Waals surface area (Å²) in [6.45, 7) is 2.37. The lowest BCUT2D eigenvalue weighted by Crippen LogP contribution is -2.47. The molecule has 3 aromatic heterocycles. The van der Waals surface area contributed by atoms with Gasteiger partial charge in [-0.25, -0.2) is 9.97 Å². The van der Waals surface area contributed by atoms with Gasteiger partial charge in [-0.3, -0.25) is 9.67 Å². The molecule has 3 N–H and O–H groups in total. The van der Waals surface area contributed by atoms with Crippen LogP contribution in [0.4, 0.5) is 5.82 Å². The first kappa shape index (κ1) is 20.6. The van der Waals surface area contributed by atoms with E-state index >= 15 is 0 Å². The van der Waals surface area contributed by atoms with Crippen molar-refractivity contribution in [2.75, 3.05) is 32.0 Å². The standard InChI is InChI=1S/C21H30N8S/c1-22-20(25-14-21(8-4-3-5-9-21)17-7-6-12-30-17)24-11-10-23-18-16-13-28-29(2)19(16)27-15-26-18/h6-7,12-13,15H,3-5,8-11,14H2,1-2H3,(H2,22,24,25)(H,23,26,27). The fourth-order valence-electron chi connectivity index (χ4n) is 4.26. The highest BCUT2D eigenvalue weighted by Crippen LogP contribution is 2.41. The highest BCUT2D eigenvalue weighted by atomic mass is 32.1. The quantitative estimate of drug-likeness (QED) is 0.306. The fraction of sp³-hybridized carbons (Fsp3) is 0.524. The summed E-state index contributed by atoms with van der Waals surface area (Å²) in [5.41, 5.74) is 1.05. The summed E-state index contributed by atoms with van der Waals surface area (Å²) < 4.78 is 1.75. The molecule has 160 valence electrons. The van der Waals surface area contributed by atoms with E-state index < -0.39 is 0 Å². The third-order valence-corrected chi connectivity index (χ3v) is 7.03. The molecule has 1 fully saturated rings. The number of aromatic nitrogens is 4. The van der Waals surface area contributed by atoms with E-state index in [2.05, 4.69) is 53.5 Å². The zero-order valence-electron chi connectivity index (χ0n) is 17.7. The molecule has 30 heavy (non-hydrogen) atoms. The number of aliphatic imine (C=N–C) groups is 1. The summed E-state index contributed by atoms with van der Waals surface area (Å²) in [6, 6.07) is 4.46. The van der Waals surface area contributed by atoms with E-state index in [9.17, 15) is 0 Å². The van der Waals surface area contributed by atoms with Crippen molar-refractivity contribution >= 4 is 34.1 Å². The van der Waals surface area contributed by atoms with E-state index in [4.69, 9.17) is 0 Å². The van der Waals surface area contributed by atoms with Crippen LogP contribution in [0.15, 0.2) is 35.0 Å². The predicted molar refractivity (Wildman–Crippen MR) is 123 cm³/mol. The number of hydrogen-bond acceptors (Lipinski definition) is 6. The number of anilines is 1. The Morgan fingerprint density at radius 1 is 1.20 bits per heavy atom. The average molecular weight is 427 g/mol. The number of fused-ring (bicyclic) bond motifs is 1. The molecule has 3 aromatic rings. The minimum Gasteiger partial charge on any atom is -0.368 e.